The number of benzene rings is 2. The molecule has 3 heterocycles. The third kappa shape index (κ3) is 3.84. The van der Waals surface area contributed by atoms with E-state index in [-0.39, 0.29) is 30.0 Å². The molecular weight excluding hydrogens is 407 g/mol. The summed E-state index contributed by atoms with van der Waals surface area (Å²) in [6, 6.07) is 13.7. The molecule has 1 saturated carbocycles. The predicted octanol–water partition coefficient (Wildman–Crippen LogP) is 3.99. The van der Waals surface area contributed by atoms with E-state index in [0.717, 1.165) is 68.9 Å². The van der Waals surface area contributed by atoms with Crippen molar-refractivity contribution >= 4 is 17.4 Å². The third-order valence-electron chi connectivity index (χ3n) is 7.20. The van der Waals surface area contributed by atoms with Gasteiger partial charge in [-0.25, -0.2) is 9.18 Å². The largest absolute Gasteiger partial charge is 0.368 e. The fraction of sp³-hybridized carbons (Fsp3) is 0.480. The van der Waals surface area contributed by atoms with Crippen LogP contribution in [0.25, 0.3) is 0 Å². The highest BCUT2D eigenvalue weighted by atomic mass is 19.1. The van der Waals surface area contributed by atoms with Crippen LogP contribution < -0.4 is 10.6 Å². The van der Waals surface area contributed by atoms with Gasteiger partial charge >= 0.3 is 6.03 Å². The zero-order valence-electron chi connectivity index (χ0n) is 18.1. The molecule has 3 unspecified atom stereocenters. The maximum Gasteiger partial charge on any atom is 0.317 e. The molecule has 2 saturated heterocycles. The highest BCUT2D eigenvalue weighted by Crippen LogP contribution is 2.51. The Morgan fingerprint density at radius 2 is 1.84 bits per heavy atom. The van der Waals surface area contributed by atoms with Gasteiger partial charge < -0.3 is 20.3 Å². The normalized spacial score (nSPS) is 27.0. The zero-order valence-corrected chi connectivity index (χ0v) is 18.1. The number of piperazine rings is 1. The van der Waals surface area contributed by atoms with Crippen LogP contribution in [0, 0.1) is 5.82 Å². The molecule has 2 aromatic carbocycles. The molecule has 3 fully saturated rings. The first kappa shape index (κ1) is 20.0. The Labute approximate surface area is 187 Å². The fourth-order valence-corrected chi connectivity index (χ4v) is 5.34. The number of nitrogens with zero attached hydrogens (tertiary/aromatic N) is 2. The van der Waals surface area contributed by atoms with Gasteiger partial charge in [-0.2, -0.15) is 0 Å². The molecule has 168 valence electrons. The first-order chi connectivity index (χ1) is 15.6. The molecule has 0 spiro atoms. The van der Waals surface area contributed by atoms with Gasteiger partial charge in [-0.3, -0.25) is 4.90 Å². The van der Waals surface area contributed by atoms with Crippen LogP contribution in [-0.4, -0.2) is 60.7 Å². The van der Waals surface area contributed by atoms with Gasteiger partial charge in [0, 0.05) is 61.6 Å². The molecule has 7 heteroatoms. The number of amides is 2. The Balaban J connectivity index is 1.16. The number of ether oxygens (including phenoxy) is 1. The lowest BCUT2D eigenvalue weighted by Crippen LogP contribution is -2.53. The first-order valence-electron chi connectivity index (χ1n) is 11.7. The van der Waals surface area contributed by atoms with E-state index in [1.54, 1.807) is 6.07 Å². The van der Waals surface area contributed by atoms with Crippen molar-refractivity contribution in [3.05, 3.63) is 59.4 Å². The van der Waals surface area contributed by atoms with Crippen LogP contribution in [0.1, 0.15) is 42.4 Å². The van der Waals surface area contributed by atoms with Crippen molar-refractivity contribution in [2.24, 2.45) is 0 Å². The van der Waals surface area contributed by atoms with Gasteiger partial charge in [0.05, 0.1) is 12.2 Å². The zero-order chi connectivity index (χ0) is 21.7. The minimum Gasteiger partial charge on any atom is -0.368 e. The van der Waals surface area contributed by atoms with Crippen LogP contribution in [0.2, 0.25) is 0 Å². The van der Waals surface area contributed by atoms with Crippen LogP contribution in [-0.2, 0) is 4.74 Å². The lowest BCUT2D eigenvalue weighted by atomic mass is 9.87. The maximum atomic E-state index is 14.1. The number of anilines is 2. The summed E-state index contributed by atoms with van der Waals surface area (Å²) in [4.78, 5) is 16.6. The molecule has 6 rings (SSSR count). The van der Waals surface area contributed by atoms with Crippen molar-refractivity contribution in [3.8, 4) is 0 Å². The Bertz CT molecular complexity index is 1020. The predicted molar refractivity (Wildman–Crippen MR) is 121 cm³/mol. The topological polar surface area (TPSA) is 56.8 Å². The number of urea groups is 1. The SMILES string of the molecule is O=C(NC1CC1)N1CCN(CC2CC3c4ccccc4Nc4ccc(F)cc4C3O2)CC1. The lowest BCUT2D eigenvalue weighted by Gasteiger charge is -2.35. The molecule has 0 aromatic heterocycles. The fourth-order valence-electron chi connectivity index (χ4n) is 5.34. The molecule has 2 aromatic rings. The van der Waals surface area contributed by atoms with Crippen molar-refractivity contribution in [2.75, 3.05) is 38.0 Å². The van der Waals surface area contributed by atoms with E-state index in [0.29, 0.717) is 6.04 Å². The van der Waals surface area contributed by atoms with E-state index >= 15 is 0 Å². The highest BCUT2D eigenvalue weighted by molar-refractivity contribution is 5.75. The highest BCUT2D eigenvalue weighted by Gasteiger charge is 2.41. The molecule has 0 bridgehead atoms. The Kier molecular flexibility index (Phi) is 5.03. The molecule has 4 aliphatic rings. The van der Waals surface area contributed by atoms with E-state index in [1.165, 1.54) is 11.6 Å². The second-order valence-electron chi connectivity index (χ2n) is 9.48. The molecule has 32 heavy (non-hydrogen) atoms. The first-order valence-corrected chi connectivity index (χ1v) is 11.7. The van der Waals surface area contributed by atoms with Crippen LogP contribution >= 0.6 is 0 Å². The van der Waals surface area contributed by atoms with E-state index in [2.05, 4.69) is 33.7 Å². The second-order valence-corrected chi connectivity index (χ2v) is 9.48. The summed E-state index contributed by atoms with van der Waals surface area (Å²) in [6.07, 6.45) is 3.05. The molecule has 3 atom stereocenters. The Morgan fingerprint density at radius 3 is 2.66 bits per heavy atom. The second kappa shape index (κ2) is 8.05. The third-order valence-corrected chi connectivity index (χ3v) is 7.20. The van der Waals surface area contributed by atoms with Crippen LogP contribution in [0.3, 0.4) is 0 Å². The summed E-state index contributed by atoms with van der Waals surface area (Å²) in [5, 5.41) is 6.57. The number of hydrogen-bond acceptors (Lipinski definition) is 4. The van der Waals surface area contributed by atoms with Crippen LogP contribution in [0.5, 0.6) is 0 Å². The minimum atomic E-state index is -0.233. The standard InChI is InChI=1S/C25H29FN4O2/c26-16-5-8-23-21(13-16)24-20(19-3-1-2-4-22(19)28-23)14-18(32-24)15-29-9-11-30(12-10-29)25(31)27-17-6-7-17/h1-5,8,13,17-18,20,24,28H,6-7,9-12,14-15H2,(H,27,31). The van der Waals surface area contributed by atoms with Crippen molar-refractivity contribution in [2.45, 2.75) is 43.4 Å². The van der Waals surface area contributed by atoms with Gasteiger partial charge in [0.25, 0.3) is 0 Å². The lowest BCUT2D eigenvalue weighted by molar-refractivity contribution is 0.0122. The van der Waals surface area contributed by atoms with Gasteiger partial charge in [-0.15, -0.1) is 0 Å². The monoisotopic (exact) mass is 436 g/mol. The number of rotatable bonds is 3. The van der Waals surface area contributed by atoms with Crippen molar-refractivity contribution in [3.63, 3.8) is 0 Å². The van der Waals surface area contributed by atoms with Gasteiger partial charge in [-0.1, -0.05) is 18.2 Å². The number of carbonyl (C=O) groups is 1. The Hall–Kier alpha value is -2.64. The number of halogens is 1. The smallest absolute Gasteiger partial charge is 0.317 e. The van der Waals surface area contributed by atoms with Crippen molar-refractivity contribution in [1.29, 1.82) is 0 Å². The summed E-state index contributed by atoms with van der Waals surface area (Å²) in [5.74, 6) is -0.0414. The summed E-state index contributed by atoms with van der Waals surface area (Å²) >= 11 is 0. The molecule has 2 N–H and O–H groups in total. The van der Waals surface area contributed by atoms with Crippen LogP contribution in [0.4, 0.5) is 20.6 Å². The number of hydrogen-bond donors (Lipinski definition) is 2. The average Bonchev–Trinajstić information content (AvgIpc) is 3.54. The summed E-state index contributed by atoms with van der Waals surface area (Å²) in [7, 11) is 0. The molecule has 2 amide bonds. The molecule has 0 radical (unpaired) electrons. The average molecular weight is 437 g/mol. The van der Waals surface area contributed by atoms with E-state index in [9.17, 15) is 9.18 Å². The van der Waals surface area contributed by atoms with Gasteiger partial charge in [0.2, 0.25) is 0 Å². The van der Waals surface area contributed by atoms with E-state index in [1.807, 2.05) is 17.0 Å². The summed E-state index contributed by atoms with van der Waals surface area (Å²) in [6.45, 7) is 4.05. The number of para-hydroxylation sites is 1. The van der Waals surface area contributed by atoms with Gasteiger partial charge in [-0.05, 0) is 49.1 Å². The molecule has 1 aliphatic carbocycles. The number of nitrogens with one attached hydrogen (secondary N) is 2. The van der Waals surface area contributed by atoms with Crippen molar-refractivity contribution in [1.82, 2.24) is 15.1 Å². The van der Waals surface area contributed by atoms with E-state index in [4.69, 9.17) is 4.74 Å². The van der Waals surface area contributed by atoms with E-state index < -0.39 is 0 Å². The van der Waals surface area contributed by atoms with Gasteiger partial charge in [0.1, 0.15) is 5.82 Å². The number of carbonyl (C=O) groups excluding carboxylic acids is 1. The number of fused-ring (bicyclic) bond motifs is 5. The maximum absolute atomic E-state index is 14.1. The van der Waals surface area contributed by atoms with Crippen LogP contribution in [0.15, 0.2) is 42.5 Å². The summed E-state index contributed by atoms with van der Waals surface area (Å²) < 4.78 is 20.7. The van der Waals surface area contributed by atoms with Crippen molar-refractivity contribution < 1.29 is 13.9 Å². The molecular formula is C25H29FN4O2. The van der Waals surface area contributed by atoms with Gasteiger partial charge in [0.15, 0.2) is 0 Å². The Morgan fingerprint density at radius 1 is 1.06 bits per heavy atom. The molecule has 6 nitrogen and oxygen atoms in total. The minimum absolute atomic E-state index is 0.0780. The summed E-state index contributed by atoms with van der Waals surface area (Å²) in [5.41, 5.74) is 4.13. The quantitative estimate of drug-likeness (QED) is 0.764. The molecule has 3 aliphatic heterocycles.